The maximum absolute atomic E-state index is 9.44. The Labute approximate surface area is 77.2 Å². The van der Waals surface area contributed by atoms with Gasteiger partial charge in [0.25, 0.3) is 0 Å². The van der Waals surface area contributed by atoms with Crippen molar-refractivity contribution in [2.75, 3.05) is 0 Å². The van der Waals surface area contributed by atoms with Gasteiger partial charge >= 0.3 is 0 Å². The number of aromatic hydroxyl groups is 2. The molecule has 0 aliphatic carbocycles. The highest BCUT2D eigenvalue weighted by molar-refractivity contribution is 5.57. The number of hydrogen-bond acceptors (Lipinski definition) is 2. The molecular formula is C10H13NO2. The molecule has 1 aromatic rings. The van der Waals surface area contributed by atoms with Crippen molar-refractivity contribution in [3.8, 4) is 11.8 Å². The van der Waals surface area contributed by atoms with Gasteiger partial charge < -0.3 is 10.2 Å². The fourth-order valence-electron chi connectivity index (χ4n) is 0.975. The van der Waals surface area contributed by atoms with E-state index in [1.54, 1.807) is 13.1 Å². The normalized spacial score (nSPS) is 9.38. The largest absolute Gasteiger partial charge is 0.494 e. The summed E-state index contributed by atoms with van der Waals surface area (Å²) in [6.45, 7) is 2.00. The van der Waals surface area contributed by atoms with Crippen molar-refractivity contribution in [2.45, 2.75) is 13.3 Å². The van der Waals surface area contributed by atoms with E-state index in [0.29, 0.717) is 5.56 Å². The van der Waals surface area contributed by atoms with Gasteiger partial charge in [0.1, 0.15) is 0 Å². The summed E-state index contributed by atoms with van der Waals surface area (Å²) < 4.78 is 1.31. The molecule has 3 heteroatoms. The van der Waals surface area contributed by atoms with Crippen LogP contribution in [0.15, 0.2) is 17.9 Å². The van der Waals surface area contributed by atoms with Crippen LogP contribution in [0.1, 0.15) is 18.9 Å². The Morgan fingerprint density at radius 3 is 2.69 bits per heavy atom. The molecule has 0 unspecified atom stereocenters. The van der Waals surface area contributed by atoms with Gasteiger partial charge in [-0.3, -0.25) is 4.57 Å². The van der Waals surface area contributed by atoms with Crippen LogP contribution >= 0.6 is 0 Å². The fraction of sp³-hybridized carbons (Fsp3) is 0.300. The van der Waals surface area contributed by atoms with Crippen LogP contribution in [0.3, 0.4) is 0 Å². The van der Waals surface area contributed by atoms with E-state index in [0.717, 1.165) is 6.42 Å². The Bertz CT molecular complexity index is 357. The van der Waals surface area contributed by atoms with E-state index >= 15 is 0 Å². The first-order valence-corrected chi connectivity index (χ1v) is 4.15. The first-order chi connectivity index (χ1) is 6.16. The molecule has 70 valence electrons. The highest BCUT2D eigenvalue weighted by Crippen LogP contribution is 2.26. The van der Waals surface area contributed by atoms with E-state index in [-0.39, 0.29) is 11.8 Å². The Morgan fingerprint density at radius 1 is 1.54 bits per heavy atom. The summed E-state index contributed by atoms with van der Waals surface area (Å²) in [6.07, 6.45) is 4.39. The van der Waals surface area contributed by atoms with Gasteiger partial charge in [0.15, 0.2) is 5.88 Å². The molecule has 0 aliphatic rings. The van der Waals surface area contributed by atoms with Gasteiger partial charge in [-0.05, 0) is 18.6 Å². The predicted octanol–water partition coefficient (Wildman–Crippen LogP) is 2.01. The van der Waals surface area contributed by atoms with Gasteiger partial charge in [-0.2, -0.15) is 0 Å². The van der Waals surface area contributed by atoms with E-state index in [4.69, 9.17) is 0 Å². The summed E-state index contributed by atoms with van der Waals surface area (Å²) in [7, 11) is 1.59. The summed E-state index contributed by atoms with van der Waals surface area (Å²) in [5.41, 5.74) is 3.47. The molecule has 1 aromatic heterocycles. The summed E-state index contributed by atoms with van der Waals surface area (Å²) in [6, 6.07) is 1.49. The maximum atomic E-state index is 9.44. The third-order valence-electron chi connectivity index (χ3n) is 1.76. The average Bonchev–Trinajstić information content (AvgIpc) is 2.34. The molecule has 0 aliphatic heterocycles. The van der Waals surface area contributed by atoms with Crippen molar-refractivity contribution in [2.24, 2.45) is 7.05 Å². The van der Waals surface area contributed by atoms with Crippen molar-refractivity contribution in [3.63, 3.8) is 0 Å². The molecule has 0 saturated heterocycles. The second kappa shape index (κ2) is 3.87. The molecule has 1 rings (SSSR count). The second-order valence-electron chi connectivity index (χ2n) is 2.76. The molecule has 0 radical (unpaired) electrons. The van der Waals surface area contributed by atoms with Crippen molar-refractivity contribution in [3.05, 3.63) is 23.4 Å². The highest BCUT2D eigenvalue weighted by atomic mass is 16.3. The lowest BCUT2D eigenvalue weighted by molar-refractivity contribution is 0.386. The lowest BCUT2D eigenvalue weighted by atomic mass is 10.3. The Kier molecular flexibility index (Phi) is 2.83. The van der Waals surface area contributed by atoms with Crippen LogP contribution in [0.25, 0.3) is 6.08 Å². The number of aromatic nitrogens is 1. The fourth-order valence-corrected chi connectivity index (χ4v) is 0.975. The lowest BCUT2D eigenvalue weighted by Gasteiger charge is -1.94. The van der Waals surface area contributed by atoms with Gasteiger partial charge in [0.2, 0.25) is 5.88 Å². The minimum absolute atomic E-state index is 0.0436. The van der Waals surface area contributed by atoms with Crippen molar-refractivity contribution < 1.29 is 10.2 Å². The summed E-state index contributed by atoms with van der Waals surface area (Å²) >= 11 is 0. The van der Waals surface area contributed by atoms with Gasteiger partial charge in [-0.25, -0.2) is 0 Å². The van der Waals surface area contributed by atoms with E-state index < -0.39 is 0 Å². The van der Waals surface area contributed by atoms with E-state index in [1.165, 1.54) is 10.6 Å². The molecule has 1 heterocycles. The lowest BCUT2D eigenvalue weighted by Crippen LogP contribution is -1.83. The zero-order chi connectivity index (χ0) is 9.84. The average molecular weight is 179 g/mol. The van der Waals surface area contributed by atoms with Crippen LogP contribution in [-0.4, -0.2) is 14.8 Å². The summed E-state index contributed by atoms with van der Waals surface area (Å²) in [5, 5.41) is 18.7. The van der Waals surface area contributed by atoms with E-state index in [1.807, 2.05) is 13.0 Å². The van der Waals surface area contributed by atoms with Crippen LogP contribution < -0.4 is 0 Å². The smallest absolute Gasteiger partial charge is 0.201 e. The van der Waals surface area contributed by atoms with E-state index in [2.05, 4.69) is 5.73 Å². The topological polar surface area (TPSA) is 45.4 Å². The molecular weight excluding hydrogens is 166 g/mol. The predicted molar refractivity (Wildman–Crippen MR) is 51.6 cm³/mol. The van der Waals surface area contributed by atoms with Crippen molar-refractivity contribution >= 4 is 6.08 Å². The minimum atomic E-state index is 0.0436. The maximum Gasteiger partial charge on any atom is 0.201 e. The number of nitrogens with zero attached hydrogens (tertiary/aromatic N) is 1. The Balaban J connectivity index is 3.03. The standard InChI is InChI=1S/C10H13NO2/c1-3-4-5-6-8-7-9(12)11(2)10(8)13/h4,6-7,12-13H,3H2,1-2H3. The Hall–Kier alpha value is -1.60. The van der Waals surface area contributed by atoms with Gasteiger partial charge in [0.05, 0.1) is 0 Å². The molecule has 0 bridgehead atoms. The van der Waals surface area contributed by atoms with Crippen LogP contribution in [0.4, 0.5) is 0 Å². The summed E-state index contributed by atoms with van der Waals surface area (Å²) in [5.74, 6) is 0.0940. The SMILES string of the molecule is CCC=C=Cc1cc(O)n(C)c1O. The summed E-state index contributed by atoms with van der Waals surface area (Å²) in [4.78, 5) is 0. The molecule has 3 nitrogen and oxygen atoms in total. The van der Waals surface area contributed by atoms with Crippen LogP contribution in [0.5, 0.6) is 11.8 Å². The number of allylic oxidation sites excluding steroid dienone is 1. The quantitative estimate of drug-likeness (QED) is 0.682. The van der Waals surface area contributed by atoms with Gasteiger partial charge in [-0.1, -0.05) is 6.92 Å². The highest BCUT2D eigenvalue weighted by Gasteiger charge is 2.06. The van der Waals surface area contributed by atoms with Gasteiger partial charge in [-0.15, -0.1) is 5.73 Å². The molecule has 0 saturated carbocycles. The molecule has 0 aromatic carbocycles. The zero-order valence-electron chi connectivity index (χ0n) is 7.78. The Morgan fingerprint density at radius 2 is 2.23 bits per heavy atom. The van der Waals surface area contributed by atoms with Crippen molar-refractivity contribution in [1.82, 2.24) is 4.57 Å². The number of rotatable bonds is 2. The second-order valence-corrected chi connectivity index (χ2v) is 2.76. The monoisotopic (exact) mass is 179 g/mol. The number of hydrogen-bond donors (Lipinski definition) is 2. The van der Waals surface area contributed by atoms with Gasteiger partial charge in [0, 0.05) is 18.7 Å². The van der Waals surface area contributed by atoms with Crippen LogP contribution in [0.2, 0.25) is 0 Å². The first-order valence-electron chi connectivity index (χ1n) is 4.15. The molecule has 2 N–H and O–H groups in total. The minimum Gasteiger partial charge on any atom is -0.494 e. The third kappa shape index (κ3) is 1.95. The van der Waals surface area contributed by atoms with Crippen LogP contribution in [0, 0.1) is 0 Å². The molecule has 0 atom stereocenters. The zero-order valence-corrected chi connectivity index (χ0v) is 7.78. The van der Waals surface area contributed by atoms with Crippen molar-refractivity contribution in [1.29, 1.82) is 0 Å². The first kappa shape index (κ1) is 9.49. The molecule has 13 heavy (non-hydrogen) atoms. The van der Waals surface area contributed by atoms with E-state index in [9.17, 15) is 10.2 Å². The molecule has 0 amide bonds. The molecule has 0 spiro atoms. The van der Waals surface area contributed by atoms with Crippen LogP contribution in [-0.2, 0) is 7.05 Å². The third-order valence-corrected chi connectivity index (χ3v) is 1.76. The molecule has 0 fully saturated rings.